The van der Waals surface area contributed by atoms with Crippen molar-refractivity contribution in [1.29, 1.82) is 0 Å². The number of nitrogens with one attached hydrogen (secondary N) is 1. The molecule has 1 N–H and O–H groups in total. The van der Waals surface area contributed by atoms with Gasteiger partial charge in [-0.05, 0) is 38.1 Å². The van der Waals surface area contributed by atoms with Crippen LogP contribution in [0, 0.1) is 13.8 Å². The molecule has 0 saturated heterocycles. The first-order valence-corrected chi connectivity index (χ1v) is 9.19. The van der Waals surface area contributed by atoms with Crippen molar-refractivity contribution in [3.63, 3.8) is 0 Å². The van der Waals surface area contributed by atoms with E-state index in [4.69, 9.17) is 9.26 Å². The number of nitrogens with zero attached hydrogens (tertiary/aromatic N) is 1. The zero-order valence-electron chi connectivity index (χ0n) is 15.2. The maximum absolute atomic E-state index is 11.8. The van der Waals surface area contributed by atoms with Crippen LogP contribution in [0.4, 0.5) is 5.69 Å². The molecule has 0 saturated carbocycles. The standard InChI is InChI=1S/C18H20N2O6S/c1-11-15(12(2)26-20-11)9-27-10-17(22)25-8-16(21)19-14-6-4-13(5-7-14)18(23)24-3/h4-7H,8-10H2,1-3H3,(H,19,21). The first kappa shape index (κ1) is 20.5. The Bertz CT molecular complexity index is 796. The molecule has 0 aliphatic heterocycles. The van der Waals surface area contributed by atoms with Crippen molar-refractivity contribution in [3.05, 3.63) is 46.8 Å². The van der Waals surface area contributed by atoms with Crippen molar-refractivity contribution in [1.82, 2.24) is 5.16 Å². The van der Waals surface area contributed by atoms with Crippen molar-refractivity contribution in [3.8, 4) is 0 Å². The van der Waals surface area contributed by atoms with Gasteiger partial charge < -0.3 is 19.3 Å². The molecule has 0 unspecified atom stereocenters. The molecule has 0 radical (unpaired) electrons. The highest BCUT2D eigenvalue weighted by Gasteiger charge is 2.12. The van der Waals surface area contributed by atoms with Crippen LogP contribution in [-0.4, -0.2) is 42.5 Å². The monoisotopic (exact) mass is 392 g/mol. The van der Waals surface area contributed by atoms with Crippen LogP contribution in [0.2, 0.25) is 0 Å². The summed E-state index contributed by atoms with van der Waals surface area (Å²) in [6, 6.07) is 6.18. The molecule has 0 aliphatic carbocycles. The molecule has 0 spiro atoms. The van der Waals surface area contributed by atoms with Crippen LogP contribution >= 0.6 is 11.8 Å². The largest absolute Gasteiger partial charge is 0.465 e. The van der Waals surface area contributed by atoms with E-state index < -0.39 is 17.8 Å². The number of thioether (sulfide) groups is 1. The first-order valence-electron chi connectivity index (χ1n) is 8.04. The van der Waals surface area contributed by atoms with Gasteiger partial charge in [-0.15, -0.1) is 11.8 Å². The molecule has 0 fully saturated rings. The zero-order chi connectivity index (χ0) is 19.8. The van der Waals surface area contributed by atoms with Crippen LogP contribution in [0.15, 0.2) is 28.8 Å². The maximum atomic E-state index is 11.8. The van der Waals surface area contributed by atoms with Crippen molar-refractivity contribution >= 4 is 35.3 Å². The number of hydrogen-bond acceptors (Lipinski definition) is 8. The van der Waals surface area contributed by atoms with Crippen LogP contribution < -0.4 is 5.32 Å². The lowest BCUT2D eigenvalue weighted by Gasteiger charge is -2.07. The Balaban J connectivity index is 1.70. The SMILES string of the molecule is COC(=O)c1ccc(NC(=O)COC(=O)CSCc2c(C)noc2C)cc1. The number of methoxy groups -OCH3 is 1. The number of ether oxygens (including phenoxy) is 2. The summed E-state index contributed by atoms with van der Waals surface area (Å²) >= 11 is 1.36. The number of aryl methyl sites for hydroxylation is 2. The van der Waals surface area contributed by atoms with Crippen LogP contribution in [0.5, 0.6) is 0 Å². The summed E-state index contributed by atoms with van der Waals surface area (Å²) in [5, 5.41) is 6.43. The Labute approximate surface area is 160 Å². The highest BCUT2D eigenvalue weighted by Crippen LogP contribution is 2.19. The number of benzene rings is 1. The smallest absolute Gasteiger partial charge is 0.337 e. The van der Waals surface area contributed by atoms with E-state index in [-0.39, 0.29) is 12.4 Å². The predicted octanol–water partition coefficient (Wildman–Crippen LogP) is 2.49. The third-order valence-electron chi connectivity index (χ3n) is 3.60. The lowest BCUT2D eigenvalue weighted by Crippen LogP contribution is -2.21. The number of rotatable bonds is 8. The van der Waals surface area contributed by atoms with E-state index in [1.165, 1.54) is 31.0 Å². The van der Waals surface area contributed by atoms with E-state index in [2.05, 4.69) is 15.2 Å². The van der Waals surface area contributed by atoms with E-state index in [9.17, 15) is 14.4 Å². The van der Waals surface area contributed by atoms with Gasteiger partial charge in [-0.25, -0.2) is 4.79 Å². The molecule has 2 rings (SSSR count). The molecule has 9 heteroatoms. The number of amides is 1. The number of carbonyl (C=O) groups excluding carboxylic acids is 3. The van der Waals surface area contributed by atoms with Gasteiger partial charge in [0.05, 0.1) is 24.1 Å². The molecule has 1 amide bonds. The summed E-state index contributed by atoms with van der Waals surface area (Å²) < 4.78 is 14.6. The van der Waals surface area contributed by atoms with Gasteiger partial charge in [0.2, 0.25) is 0 Å². The third kappa shape index (κ3) is 6.14. The molecule has 144 valence electrons. The normalized spacial score (nSPS) is 10.3. The van der Waals surface area contributed by atoms with Crippen LogP contribution in [0.1, 0.15) is 27.4 Å². The van der Waals surface area contributed by atoms with E-state index in [0.717, 1.165) is 17.0 Å². The average Bonchev–Trinajstić information content (AvgIpc) is 2.98. The lowest BCUT2D eigenvalue weighted by atomic mass is 10.2. The van der Waals surface area contributed by atoms with Gasteiger partial charge in [-0.3, -0.25) is 9.59 Å². The van der Waals surface area contributed by atoms with Crippen molar-refractivity contribution in [2.75, 3.05) is 24.8 Å². The number of aromatic nitrogens is 1. The van der Waals surface area contributed by atoms with Gasteiger partial charge >= 0.3 is 11.9 Å². The molecule has 8 nitrogen and oxygen atoms in total. The number of esters is 2. The second kappa shape index (κ2) is 9.77. The Hall–Kier alpha value is -2.81. The molecular formula is C18H20N2O6S. The average molecular weight is 392 g/mol. The van der Waals surface area contributed by atoms with Gasteiger partial charge in [0.15, 0.2) is 6.61 Å². The number of carbonyl (C=O) groups is 3. The molecule has 27 heavy (non-hydrogen) atoms. The van der Waals surface area contributed by atoms with E-state index in [0.29, 0.717) is 17.0 Å². The van der Waals surface area contributed by atoms with E-state index in [1.807, 2.05) is 13.8 Å². The van der Waals surface area contributed by atoms with Gasteiger partial charge in [0.1, 0.15) is 5.76 Å². The molecule has 0 aliphatic rings. The van der Waals surface area contributed by atoms with Crippen LogP contribution in [0.3, 0.4) is 0 Å². The lowest BCUT2D eigenvalue weighted by molar-refractivity contribution is -0.144. The predicted molar refractivity (Wildman–Crippen MR) is 99.5 cm³/mol. The van der Waals surface area contributed by atoms with Gasteiger partial charge in [-0.2, -0.15) is 0 Å². The Morgan fingerprint density at radius 1 is 1.19 bits per heavy atom. The fraction of sp³-hybridized carbons (Fsp3) is 0.333. The zero-order valence-corrected chi connectivity index (χ0v) is 16.1. The minimum Gasteiger partial charge on any atom is -0.465 e. The molecule has 1 aromatic carbocycles. The number of hydrogen-bond donors (Lipinski definition) is 1. The number of anilines is 1. The van der Waals surface area contributed by atoms with Gasteiger partial charge in [0, 0.05) is 17.0 Å². The van der Waals surface area contributed by atoms with Crippen LogP contribution in [0.25, 0.3) is 0 Å². The van der Waals surface area contributed by atoms with Gasteiger partial charge in [-0.1, -0.05) is 5.16 Å². The van der Waals surface area contributed by atoms with Crippen molar-refractivity contribution in [2.45, 2.75) is 19.6 Å². The topological polar surface area (TPSA) is 108 Å². The highest BCUT2D eigenvalue weighted by molar-refractivity contribution is 7.99. The quantitative estimate of drug-likeness (QED) is 0.683. The summed E-state index contributed by atoms with van der Waals surface area (Å²) in [5.41, 5.74) is 2.61. The third-order valence-corrected chi connectivity index (χ3v) is 4.53. The highest BCUT2D eigenvalue weighted by atomic mass is 32.2. The molecule has 0 bridgehead atoms. The summed E-state index contributed by atoms with van der Waals surface area (Å²) in [4.78, 5) is 34.9. The van der Waals surface area contributed by atoms with E-state index >= 15 is 0 Å². The second-order valence-electron chi connectivity index (χ2n) is 5.57. The Kier molecular flexibility index (Phi) is 7.42. The molecule has 0 atom stereocenters. The molecule has 2 aromatic rings. The summed E-state index contributed by atoms with van der Waals surface area (Å²) in [5.74, 6) is 0.00915. The van der Waals surface area contributed by atoms with Crippen molar-refractivity contribution in [2.24, 2.45) is 0 Å². The summed E-state index contributed by atoms with van der Waals surface area (Å²) in [7, 11) is 1.29. The molecule has 1 heterocycles. The molecule has 1 aromatic heterocycles. The minimum atomic E-state index is -0.483. The minimum absolute atomic E-state index is 0.116. The van der Waals surface area contributed by atoms with Crippen molar-refractivity contribution < 1.29 is 28.4 Å². The summed E-state index contributed by atoms with van der Waals surface area (Å²) in [6.07, 6.45) is 0. The fourth-order valence-corrected chi connectivity index (χ4v) is 3.10. The Morgan fingerprint density at radius 2 is 1.89 bits per heavy atom. The molecular weight excluding hydrogens is 372 g/mol. The van der Waals surface area contributed by atoms with Crippen LogP contribution in [-0.2, 0) is 24.8 Å². The maximum Gasteiger partial charge on any atom is 0.337 e. The van der Waals surface area contributed by atoms with E-state index in [1.54, 1.807) is 12.1 Å². The fourth-order valence-electron chi connectivity index (χ4n) is 2.14. The summed E-state index contributed by atoms with van der Waals surface area (Å²) in [6.45, 7) is 3.27. The Morgan fingerprint density at radius 3 is 2.48 bits per heavy atom. The first-order chi connectivity index (χ1) is 12.9. The second-order valence-corrected chi connectivity index (χ2v) is 6.56. The van der Waals surface area contributed by atoms with Gasteiger partial charge in [0.25, 0.3) is 5.91 Å².